The van der Waals surface area contributed by atoms with Crippen LogP contribution in [0.3, 0.4) is 0 Å². The van der Waals surface area contributed by atoms with Gasteiger partial charge < -0.3 is 14.0 Å². The van der Waals surface area contributed by atoms with Crippen molar-refractivity contribution >= 4 is 24.4 Å². The minimum Gasteiger partial charge on any atom is -0.497 e. The number of benzene rings is 2. The third kappa shape index (κ3) is 4.15. The number of carbonyl (C=O) groups excluding carboxylic acids is 1. The highest BCUT2D eigenvalue weighted by Gasteiger charge is 2.51. The van der Waals surface area contributed by atoms with Crippen LogP contribution in [-0.4, -0.2) is 31.2 Å². The molecule has 1 fully saturated rings. The number of rotatable bonds is 5. The normalized spacial score (nSPS) is 18.0. The summed E-state index contributed by atoms with van der Waals surface area (Å²) in [6, 6.07) is 14.9. The lowest BCUT2D eigenvalue weighted by Gasteiger charge is -2.32. The van der Waals surface area contributed by atoms with Crippen LogP contribution in [0.2, 0.25) is 0 Å². The number of ketones is 1. The van der Waals surface area contributed by atoms with Gasteiger partial charge in [0, 0.05) is 5.56 Å². The molecule has 0 N–H and O–H groups in total. The van der Waals surface area contributed by atoms with E-state index in [-0.39, 0.29) is 17.0 Å². The molecule has 1 heterocycles. The fourth-order valence-electron chi connectivity index (χ4n) is 2.77. The van der Waals surface area contributed by atoms with Gasteiger partial charge in [0.1, 0.15) is 5.75 Å². The van der Waals surface area contributed by atoms with Gasteiger partial charge in [-0.25, -0.2) is 0 Å². The third-order valence-electron chi connectivity index (χ3n) is 5.26. The molecule has 140 valence electrons. The molecule has 0 radical (unpaired) electrons. The molecule has 2 aromatic rings. The average Bonchev–Trinajstić information content (AvgIpc) is 2.87. The van der Waals surface area contributed by atoms with Crippen molar-refractivity contribution in [1.29, 1.82) is 0 Å². The largest absolute Gasteiger partial charge is 0.497 e. The van der Waals surface area contributed by atoms with E-state index in [4.69, 9.17) is 14.0 Å². The van der Waals surface area contributed by atoms with Gasteiger partial charge in [-0.15, -0.1) is 0 Å². The van der Waals surface area contributed by atoms with Gasteiger partial charge in [0.25, 0.3) is 0 Å². The van der Waals surface area contributed by atoms with Gasteiger partial charge in [-0.05, 0) is 56.9 Å². The molecule has 0 saturated carbocycles. The second kappa shape index (κ2) is 7.33. The summed E-state index contributed by atoms with van der Waals surface area (Å²) in [6.07, 6.45) is 3.37. The van der Waals surface area contributed by atoms with Crippen LogP contribution in [0.5, 0.6) is 5.75 Å². The summed E-state index contributed by atoms with van der Waals surface area (Å²) < 4.78 is 17.2. The lowest BCUT2D eigenvalue weighted by atomic mass is 9.78. The Morgan fingerprint density at radius 3 is 2.00 bits per heavy atom. The molecular formula is C22H25BO4. The molecule has 1 aliphatic heterocycles. The van der Waals surface area contributed by atoms with E-state index in [0.717, 1.165) is 16.8 Å². The molecule has 0 bridgehead atoms. The summed E-state index contributed by atoms with van der Waals surface area (Å²) in [4.78, 5) is 12.4. The highest BCUT2D eigenvalue weighted by molar-refractivity contribution is 6.62. The van der Waals surface area contributed by atoms with E-state index in [0.29, 0.717) is 5.56 Å². The van der Waals surface area contributed by atoms with E-state index < -0.39 is 7.12 Å². The minimum atomic E-state index is -0.422. The standard InChI is InChI=1S/C22H25BO4/c1-21(2)22(3,4)27-23(26-21)18-11-9-17(10-12-18)20(24)15-8-16-6-13-19(25-5)14-7-16/h6-15H,1-5H3/b15-8+. The van der Waals surface area contributed by atoms with E-state index in [1.54, 1.807) is 31.4 Å². The van der Waals surface area contributed by atoms with Crippen LogP contribution in [0.15, 0.2) is 54.6 Å². The molecule has 27 heavy (non-hydrogen) atoms. The topological polar surface area (TPSA) is 44.8 Å². The van der Waals surface area contributed by atoms with Crippen molar-refractivity contribution in [2.45, 2.75) is 38.9 Å². The fraction of sp³-hybridized carbons (Fsp3) is 0.318. The number of hydrogen-bond donors (Lipinski definition) is 0. The zero-order valence-corrected chi connectivity index (χ0v) is 16.5. The lowest BCUT2D eigenvalue weighted by Crippen LogP contribution is -2.41. The van der Waals surface area contributed by atoms with Gasteiger partial charge in [0.2, 0.25) is 0 Å². The summed E-state index contributed by atoms with van der Waals surface area (Å²) in [7, 11) is 1.20. The number of hydrogen-bond acceptors (Lipinski definition) is 4. The molecule has 0 aliphatic carbocycles. The Morgan fingerprint density at radius 2 is 1.48 bits per heavy atom. The predicted molar refractivity (Wildman–Crippen MR) is 109 cm³/mol. The zero-order valence-electron chi connectivity index (χ0n) is 16.5. The van der Waals surface area contributed by atoms with Crippen LogP contribution in [-0.2, 0) is 9.31 Å². The van der Waals surface area contributed by atoms with E-state index in [1.165, 1.54) is 0 Å². The Bertz CT molecular complexity index is 820. The summed E-state index contributed by atoms with van der Waals surface area (Å²) in [5.74, 6) is 0.739. The van der Waals surface area contributed by atoms with Crippen LogP contribution in [0.4, 0.5) is 0 Å². The van der Waals surface area contributed by atoms with E-state index >= 15 is 0 Å². The van der Waals surface area contributed by atoms with Gasteiger partial charge in [0.15, 0.2) is 5.78 Å². The minimum absolute atomic E-state index is 0.0497. The molecule has 1 aliphatic rings. The summed E-state index contributed by atoms with van der Waals surface area (Å²) in [5.41, 5.74) is 1.71. The van der Waals surface area contributed by atoms with E-state index in [9.17, 15) is 4.79 Å². The maximum Gasteiger partial charge on any atom is 0.494 e. The SMILES string of the molecule is COc1ccc(/C=C/C(=O)c2ccc(B3OC(C)(C)C(C)(C)O3)cc2)cc1. The quantitative estimate of drug-likeness (QED) is 0.459. The lowest BCUT2D eigenvalue weighted by molar-refractivity contribution is 0.00578. The summed E-state index contributed by atoms with van der Waals surface area (Å²) in [6.45, 7) is 8.09. The molecule has 4 nitrogen and oxygen atoms in total. The van der Waals surface area contributed by atoms with Crippen molar-refractivity contribution in [3.8, 4) is 5.75 Å². The fourth-order valence-corrected chi connectivity index (χ4v) is 2.77. The first-order valence-corrected chi connectivity index (χ1v) is 9.04. The van der Waals surface area contributed by atoms with E-state index in [1.807, 2.05) is 64.1 Å². The number of carbonyl (C=O) groups is 1. The van der Waals surface area contributed by atoms with Crippen LogP contribution >= 0.6 is 0 Å². The average molecular weight is 364 g/mol. The zero-order chi connectivity index (χ0) is 19.7. The molecule has 0 spiro atoms. The van der Waals surface area contributed by atoms with Crippen molar-refractivity contribution in [2.24, 2.45) is 0 Å². The molecule has 1 saturated heterocycles. The highest BCUT2D eigenvalue weighted by atomic mass is 16.7. The first kappa shape index (κ1) is 19.4. The van der Waals surface area contributed by atoms with Gasteiger partial charge in [-0.3, -0.25) is 4.79 Å². The van der Waals surface area contributed by atoms with Gasteiger partial charge in [0.05, 0.1) is 18.3 Å². The molecular weight excluding hydrogens is 339 g/mol. The van der Waals surface area contributed by atoms with Crippen LogP contribution in [0, 0.1) is 0 Å². The molecule has 0 amide bonds. The molecule has 0 unspecified atom stereocenters. The molecule has 0 aromatic heterocycles. The Hall–Kier alpha value is -2.37. The monoisotopic (exact) mass is 364 g/mol. The number of allylic oxidation sites excluding steroid dienone is 1. The van der Waals surface area contributed by atoms with Gasteiger partial charge in [-0.1, -0.05) is 42.5 Å². The molecule has 2 aromatic carbocycles. The molecule has 5 heteroatoms. The Balaban J connectivity index is 1.68. The van der Waals surface area contributed by atoms with Crippen molar-refractivity contribution in [3.63, 3.8) is 0 Å². The van der Waals surface area contributed by atoms with Crippen molar-refractivity contribution in [3.05, 3.63) is 65.7 Å². The van der Waals surface area contributed by atoms with Crippen LogP contribution in [0.1, 0.15) is 43.6 Å². The third-order valence-corrected chi connectivity index (χ3v) is 5.26. The Labute approximate surface area is 161 Å². The Morgan fingerprint density at radius 1 is 0.926 bits per heavy atom. The second-order valence-corrected chi connectivity index (χ2v) is 7.68. The van der Waals surface area contributed by atoms with Crippen molar-refractivity contribution in [2.75, 3.05) is 7.11 Å². The van der Waals surface area contributed by atoms with Gasteiger partial charge >= 0.3 is 7.12 Å². The number of methoxy groups -OCH3 is 1. The molecule has 0 atom stereocenters. The first-order valence-electron chi connectivity index (χ1n) is 9.04. The maximum atomic E-state index is 12.4. The highest BCUT2D eigenvalue weighted by Crippen LogP contribution is 2.36. The second-order valence-electron chi connectivity index (χ2n) is 7.68. The summed E-state index contributed by atoms with van der Waals surface area (Å²) in [5, 5.41) is 0. The van der Waals surface area contributed by atoms with Crippen LogP contribution < -0.4 is 10.2 Å². The summed E-state index contributed by atoms with van der Waals surface area (Å²) >= 11 is 0. The Kier molecular flexibility index (Phi) is 5.27. The molecule has 3 rings (SSSR count). The van der Waals surface area contributed by atoms with Crippen LogP contribution in [0.25, 0.3) is 6.08 Å². The first-order chi connectivity index (χ1) is 12.7. The van der Waals surface area contributed by atoms with E-state index in [2.05, 4.69) is 0 Å². The predicted octanol–water partition coefficient (Wildman–Crippen LogP) is 3.89. The van der Waals surface area contributed by atoms with Crippen molar-refractivity contribution < 1.29 is 18.8 Å². The van der Waals surface area contributed by atoms with Gasteiger partial charge in [-0.2, -0.15) is 0 Å². The maximum absolute atomic E-state index is 12.4. The number of ether oxygens (including phenoxy) is 1. The van der Waals surface area contributed by atoms with Crippen molar-refractivity contribution in [1.82, 2.24) is 0 Å². The smallest absolute Gasteiger partial charge is 0.494 e.